The van der Waals surface area contributed by atoms with Crippen LogP contribution in [0.5, 0.6) is 0 Å². The summed E-state index contributed by atoms with van der Waals surface area (Å²) in [7, 11) is 0. The molecular formula is C19H33NO5. The van der Waals surface area contributed by atoms with E-state index in [0.717, 1.165) is 6.42 Å². The van der Waals surface area contributed by atoms with Gasteiger partial charge in [0.1, 0.15) is 0 Å². The van der Waals surface area contributed by atoms with E-state index in [1.165, 1.54) is 0 Å². The SMILES string of the molecule is CCO[C@@H]1OC(C(=O)N2CCOCC2)=C[C@H](C(C)(C)C)[C@H]1CCCO. The van der Waals surface area contributed by atoms with E-state index in [-0.39, 0.29) is 29.8 Å². The van der Waals surface area contributed by atoms with Crippen molar-refractivity contribution in [1.82, 2.24) is 4.90 Å². The molecule has 0 aromatic rings. The van der Waals surface area contributed by atoms with E-state index in [9.17, 15) is 9.90 Å². The second-order valence-electron chi connectivity index (χ2n) is 7.80. The van der Waals surface area contributed by atoms with E-state index >= 15 is 0 Å². The van der Waals surface area contributed by atoms with Crippen LogP contribution >= 0.6 is 0 Å². The van der Waals surface area contributed by atoms with Crippen LogP contribution in [0.15, 0.2) is 11.8 Å². The Labute approximate surface area is 151 Å². The number of hydrogen-bond donors (Lipinski definition) is 1. The third-order valence-electron chi connectivity index (χ3n) is 4.92. The highest BCUT2D eigenvalue weighted by Gasteiger charge is 2.42. The van der Waals surface area contributed by atoms with Crippen molar-refractivity contribution in [3.8, 4) is 0 Å². The van der Waals surface area contributed by atoms with Gasteiger partial charge in [0.15, 0.2) is 5.76 Å². The molecule has 0 saturated carbocycles. The molecule has 1 amide bonds. The average Bonchev–Trinajstić information content (AvgIpc) is 2.59. The largest absolute Gasteiger partial charge is 0.459 e. The van der Waals surface area contributed by atoms with E-state index in [0.29, 0.717) is 45.1 Å². The number of hydrogen-bond acceptors (Lipinski definition) is 5. The predicted molar refractivity (Wildman–Crippen MR) is 94.7 cm³/mol. The summed E-state index contributed by atoms with van der Waals surface area (Å²) in [4.78, 5) is 14.7. The zero-order valence-corrected chi connectivity index (χ0v) is 16.0. The molecule has 6 nitrogen and oxygen atoms in total. The maximum Gasteiger partial charge on any atom is 0.288 e. The summed E-state index contributed by atoms with van der Waals surface area (Å²) in [5.41, 5.74) is -0.0320. The molecule has 0 radical (unpaired) electrons. The molecule has 0 bridgehead atoms. The van der Waals surface area contributed by atoms with Crippen molar-refractivity contribution in [3.05, 3.63) is 11.8 Å². The molecule has 0 unspecified atom stereocenters. The van der Waals surface area contributed by atoms with Gasteiger partial charge in [0.2, 0.25) is 6.29 Å². The second kappa shape index (κ2) is 9.01. The summed E-state index contributed by atoms with van der Waals surface area (Å²) in [6, 6.07) is 0. The Balaban J connectivity index is 2.26. The van der Waals surface area contributed by atoms with Crippen molar-refractivity contribution in [3.63, 3.8) is 0 Å². The molecule has 0 aliphatic carbocycles. The maximum atomic E-state index is 12.9. The van der Waals surface area contributed by atoms with Gasteiger partial charge in [0, 0.05) is 32.2 Å². The number of ether oxygens (including phenoxy) is 3. The van der Waals surface area contributed by atoms with Crippen molar-refractivity contribution in [2.24, 2.45) is 17.3 Å². The zero-order chi connectivity index (χ0) is 18.4. The van der Waals surface area contributed by atoms with Crippen molar-refractivity contribution >= 4 is 5.91 Å². The van der Waals surface area contributed by atoms with Gasteiger partial charge in [-0.3, -0.25) is 4.79 Å². The molecule has 25 heavy (non-hydrogen) atoms. The van der Waals surface area contributed by atoms with Crippen LogP contribution in [0.1, 0.15) is 40.5 Å². The van der Waals surface area contributed by atoms with Crippen LogP contribution in [0.3, 0.4) is 0 Å². The number of aliphatic hydroxyl groups excluding tert-OH is 1. The van der Waals surface area contributed by atoms with Crippen molar-refractivity contribution in [2.75, 3.05) is 39.5 Å². The first-order chi connectivity index (χ1) is 11.9. The van der Waals surface area contributed by atoms with E-state index in [2.05, 4.69) is 20.8 Å². The van der Waals surface area contributed by atoms with Crippen LogP contribution in [0, 0.1) is 17.3 Å². The average molecular weight is 355 g/mol. The second-order valence-corrected chi connectivity index (χ2v) is 7.80. The minimum Gasteiger partial charge on any atom is -0.459 e. The number of amides is 1. The van der Waals surface area contributed by atoms with Gasteiger partial charge in [-0.1, -0.05) is 20.8 Å². The summed E-state index contributed by atoms with van der Waals surface area (Å²) in [6.07, 6.45) is 3.03. The summed E-state index contributed by atoms with van der Waals surface area (Å²) in [5.74, 6) is 0.570. The summed E-state index contributed by atoms with van der Waals surface area (Å²) >= 11 is 0. The highest BCUT2D eigenvalue weighted by atomic mass is 16.7. The standard InChI is InChI=1S/C19H33NO5/c1-5-24-18-14(7-6-10-21)15(19(2,3)4)13-16(25-18)17(22)20-8-11-23-12-9-20/h13-15,18,21H,5-12H2,1-4H3/t14-,15+,18-/m1/s1. The van der Waals surface area contributed by atoms with E-state index < -0.39 is 6.29 Å². The predicted octanol–water partition coefficient (Wildman–Crippen LogP) is 2.17. The summed E-state index contributed by atoms with van der Waals surface area (Å²) in [6.45, 7) is 11.4. The third kappa shape index (κ3) is 5.19. The summed E-state index contributed by atoms with van der Waals surface area (Å²) < 4.78 is 17.2. The number of nitrogens with zero attached hydrogens (tertiary/aromatic N) is 1. The normalized spacial score (nSPS) is 27.6. The number of carbonyl (C=O) groups is 1. The van der Waals surface area contributed by atoms with Gasteiger partial charge in [0.05, 0.1) is 13.2 Å². The molecule has 1 saturated heterocycles. The molecule has 6 heteroatoms. The van der Waals surface area contributed by atoms with Gasteiger partial charge in [0.25, 0.3) is 5.91 Å². The van der Waals surface area contributed by atoms with Crippen LogP contribution in [0.25, 0.3) is 0 Å². The van der Waals surface area contributed by atoms with Crippen molar-refractivity contribution < 1.29 is 24.1 Å². The van der Waals surface area contributed by atoms with Crippen LogP contribution in [-0.4, -0.2) is 61.7 Å². The molecule has 3 atom stereocenters. The smallest absolute Gasteiger partial charge is 0.288 e. The highest BCUT2D eigenvalue weighted by Crippen LogP contribution is 2.42. The Morgan fingerprint density at radius 2 is 2.04 bits per heavy atom. The monoisotopic (exact) mass is 355 g/mol. The van der Waals surface area contributed by atoms with Crippen LogP contribution in [0.2, 0.25) is 0 Å². The molecule has 1 fully saturated rings. The Morgan fingerprint density at radius 1 is 1.36 bits per heavy atom. The lowest BCUT2D eigenvalue weighted by Gasteiger charge is -2.43. The molecular weight excluding hydrogens is 322 g/mol. The number of morpholine rings is 1. The Bertz CT molecular complexity index is 465. The van der Waals surface area contributed by atoms with Crippen LogP contribution in [-0.2, 0) is 19.0 Å². The lowest BCUT2D eigenvalue weighted by Crippen LogP contribution is -2.46. The van der Waals surface area contributed by atoms with Gasteiger partial charge >= 0.3 is 0 Å². The van der Waals surface area contributed by atoms with Crippen molar-refractivity contribution in [2.45, 2.75) is 46.8 Å². The maximum absolute atomic E-state index is 12.9. The quantitative estimate of drug-likeness (QED) is 0.791. The molecule has 1 N–H and O–H groups in total. The number of allylic oxidation sites excluding steroid dienone is 1. The number of rotatable bonds is 6. The Morgan fingerprint density at radius 3 is 2.60 bits per heavy atom. The first-order valence-corrected chi connectivity index (χ1v) is 9.36. The fraction of sp³-hybridized carbons (Fsp3) is 0.842. The van der Waals surface area contributed by atoms with Gasteiger partial charge in [-0.05, 0) is 37.2 Å². The lowest BCUT2D eigenvalue weighted by atomic mass is 9.70. The van der Waals surface area contributed by atoms with Crippen molar-refractivity contribution in [1.29, 1.82) is 0 Å². The summed E-state index contributed by atoms with van der Waals surface area (Å²) in [5, 5.41) is 9.24. The van der Waals surface area contributed by atoms with Gasteiger partial charge in [-0.2, -0.15) is 0 Å². The molecule has 0 aromatic carbocycles. The molecule has 144 valence electrons. The van der Waals surface area contributed by atoms with Gasteiger partial charge < -0.3 is 24.2 Å². The fourth-order valence-electron chi connectivity index (χ4n) is 3.61. The first kappa shape index (κ1) is 20.2. The minimum atomic E-state index is -0.453. The Hall–Kier alpha value is -1.11. The molecule has 2 aliphatic heterocycles. The van der Waals surface area contributed by atoms with Gasteiger partial charge in [-0.15, -0.1) is 0 Å². The number of aliphatic hydroxyl groups is 1. The molecule has 2 aliphatic rings. The molecule has 0 spiro atoms. The zero-order valence-electron chi connectivity index (χ0n) is 16.0. The Kier molecular flexibility index (Phi) is 7.28. The molecule has 2 rings (SSSR count). The topological polar surface area (TPSA) is 68.2 Å². The minimum absolute atomic E-state index is 0.0320. The third-order valence-corrected chi connectivity index (χ3v) is 4.92. The fourth-order valence-corrected chi connectivity index (χ4v) is 3.61. The lowest BCUT2D eigenvalue weighted by molar-refractivity contribution is -0.183. The van der Waals surface area contributed by atoms with E-state index in [1.807, 2.05) is 13.0 Å². The van der Waals surface area contributed by atoms with E-state index in [1.54, 1.807) is 4.90 Å². The van der Waals surface area contributed by atoms with E-state index in [4.69, 9.17) is 14.2 Å². The van der Waals surface area contributed by atoms with Crippen LogP contribution in [0.4, 0.5) is 0 Å². The molecule has 0 aromatic heterocycles. The first-order valence-electron chi connectivity index (χ1n) is 9.36. The number of carbonyl (C=O) groups excluding carboxylic acids is 1. The van der Waals surface area contributed by atoms with Gasteiger partial charge in [-0.25, -0.2) is 0 Å². The highest BCUT2D eigenvalue weighted by molar-refractivity contribution is 5.91. The molecule has 2 heterocycles. The van der Waals surface area contributed by atoms with Crippen LogP contribution < -0.4 is 0 Å².